The lowest BCUT2D eigenvalue weighted by molar-refractivity contribution is 0.421. The molecule has 1 aromatic rings. The van der Waals surface area contributed by atoms with E-state index in [9.17, 15) is 0 Å². The average molecular weight is 139 g/mol. The van der Waals surface area contributed by atoms with Crippen LogP contribution in [0.5, 0.6) is 0 Å². The third-order valence-corrected chi connectivity index (χ3v) is 1.67. The number of aromatic nitrogens is 1. The van der Waals surface area contributed by atoms with Gasteiger partial charge in [-0.15, -0.1) is 0 Å². The Bertz CT molecular complexity index is 233. The van der Waals surface area contributed by atoms with Crippen molar-refractivity contribution in [3.8, 4) is 0 Å². The first kappa shape index (κ1) is 5.58. The van der Waals surface area contributed by atoms with Crippen LogP contribution in [0.4, 0.5) is 11.5 Å². The van der Waals surface area contributed by atoms with Crippen molar-refractivity contribution in [1.29, 1.82) is 0 Å². The van der Waals surface area contributed by atoms with E-state index in [0.29, 0.717) is 0 Å². The summed E-state index contributed by atoms with van der Waals surface area (Å²) in [5.74, 6) is 0.909. The van der Waals surface area contributed by atoms with Gasteiger partial charge in [0.05, 0.1) is 0 Å². The predicted molar refractivity (Wildman–Crippen MR) is 38.3 cm³/mol. The standard InChI is InChI=1S/C6H9N3O/c1-9-3-2-7-5-4-10-8-6(5)9/h4,7H,2-3H2,1H3. The maximum absolute atomic E-state index is 4.78. The fourth-order valence-electron chi connectivity index (χ4n) is 1.09. The Balaban J connectivity index is 2.41. The van der Waals surface area contributed by atoms with E-state index in [2.05, 4.69) is 15.4 Å². The van der Waals surface area contributed by atoms with Crippen molar-refractivity contribution in [2.24, 2.45) is 0 Å². The lowest BCUT2D eigenvalue weighted by Crippen LogP contribution is -2.29. The minimum absolute atomic E-state index is 0.909. The monoisotopic (exact) mass is 139 g/mol. The van der Waals surface area contributed by atoms with Gasteiger partial charge in [0.1, 0.15) is 12.0 Å². The minimum Gasteiger partial charge on any atom is -0.378 e. The summed E-state index contributed by atoms with van der Waals surface area (Å²) in [6.45, 7) is 1.95. The summed E-state index contributed by atoms with van der Waals surface area (Å²) < 4.78 is 4.78. The number of nitrogens with one attached hydrogen (secondary N) is 1. The highest BCUT2D eigenvalue weighted by atomic mass is 16.5. The van der Waals surface area contributed by atoms with Crippen LogP contribution in [-0.4, -0.2) is 25.3 Å². The van der Waals surface area contributed by atoms with Gasteiger partial charge in [0, 0.05) is 20.1 Å². The quantitative estimate of drug-likeness (QED) is 0.569. The van der Waals surface area contributed by atoms with Crippen LogP contribution in [0.25, 0.3) is 0 Å². The maximum atomic E-state index is 4.78. The lowest BCUT2D eigenvalue weighted by atomic mass is 10.3. The van der Waals surface area contributed by atoms with Crippen LogP contribution in [-0.2, 0) is 0 Å². The Morgan fingerprint density at radius 3 is 3.50 bits per heavy atom. The first-order valence-electron chi connectivity index (χ1n) is 3.27. The topological polar surface area (TPSA) is 41.3 Å². The van der Waals surface area contributed by atoms with Gasteiger partial charge < -0.3 is 14.7 Å². The summed E-state index contributed by atoms with van der Waals surface area (Å²) in [7, 11) is 2.00. The number of likely N-dealkylation sites (N-methyl/N-ethyl adjacent to an activating group) is 1. The van der Waals surface area contributed by atoms with Gasteiger partial charge in [-0.3, -0.25) is 0 Å². The van der Waals surface area contributed by atoms with Crippen molar-refractivity contribution in [1.82, 2.24) is 5.16 Å². The number of nitrogens with zero attached hydrogens (tertiary/aromatic N) is 2. The molecule has 0 aromatic carbocycles. The summed E-state index contributed by atoms with van der Waals surface area (Å²) in [6.07, 6.45) is 1.63. The predicted octanol–water partition coefficient (Wildman–Crippen LogP) is 0.536. The Labute approximate surface area is 58.8 Å². The first-order valence-corrected chi connectivity index (χ1v) is 3.27. The molecule has 0 fully saturated rings. The molecule has 1 N–H and O–H groups in total. The zero-order valence-corrected chi connectivity index (χ0v) is 5.79. The number of rotatable bonds is 0. The summed E-state index contributed by atoms with van der Waals surface area (Å²) in [4.78, 5) is 2.06. The highest BCUT2D eigenvalue weighted by Crippen LogP contribution is 2.24. The average Bonchev–Trinajstić information content (AvgIpc) is 2.36. The number of hydrogen-bond acceptors (Lipinski definition) is 4. The van der Waals surface area contributed by atoms with E-state index >= 15 is 0 Å². The van der Waals surface area contributed by atoms with E-state index in [1.807, 2.05) is 7.05 Å². The molecule has 2 rings (SSSR count). The molecule has 0 unspecified atom stereocenters. The molecule has 0 atom stereocenters. The Kier molecular flexibility index (Phi) is 1.06. The summed E-state index contributed by atoms with van der Waals surface area (Å²) in [5.41, 5.74) is 0.994. The molecule has 0 amide bonds. The highest BCUT2D eigenvalue weighted by molar-refractivity contribution is 5.65. The molecule has 0 aliphatic carbocycles. The molecule has 54 valence electrons. The van der Waals surface area contributed by atoms with E-state index in [4.69, 9.17) is 4.52 Å². The van der Waals surface area contributed by atoms with E-state index in [-0.39, 0.29) is 0 Å². The van der Waals surface area contributed by atoms with Gasteiger partial charge in [-0.05, 0) is 0 Å². The lowest BCUT2D eigenvalue weighted by Gasteiger charge is -2.22. The fourth-order valence-corrected chi connectivity index (χ4v) is 1.09. The van der Waals surface area contributed by atoms with Crippen molar-refractivity contribution < 1.29 is 4.52 Å². The molecule has 0 spiro atoms. The second kappa shape index (κ2) is 1.90. The van der Waals surface area contributed by atoms with E-state index in [0.717, 1.165) is 24.6 Å². The van der Waals surface area contributed by atoms with Crippen LogP contribution in [0.1, 0.15) is 0 Å². The van der Waals surface area contributed by atoms with Gasteiger partial charge in [0.15, 0.2) is 5.82 Å². The van der Waals surface area contributed by atoms with E-state index in [1.54, 1.807) is 6.26 Å². The second-order valence-electron chi connectivity index (χ2n) is 2.40. The van der Waals surface area contributed by atoms with E-state index < -0.39 is 0 Å². The maximum Gasteiger partial charge on any atom is 0.195 e. The van der Waals surface area contributed by atoms with Crippen LogP contribution >= 0.6 is 0 Å². The van der Waals surface area contributed by atoms with Gasteiger partial charge >= 0.3 is 0 Å². The number of hydrogen-bond donors (Lipinski definition) is 1. The highest BCUT2D eigenvalue weighted by Gasteiger charge is 2.15. The van der Waals surface area contributed by atoms with Gasteiger partial charge in [-0.25, -0.2) is 0 Å². The van der Waals surface area contributed by atoms with Crippen LogP contribution in [0, 0.1) is 0 Å². The van der Waals surface area contributed by atoms with Crippen molar-refractivity contribution in [3.05, 3.63) is 6.26 Å². The van der Waals surface area contributed by atoms with Crippen LogP contribution in [0.2, 0.25) is 0 Å². The Morgan fingerprint density at radius 2 is 2.70 bits per heavy atom. The largest absolute Gasteiger partial charge is 0.378 e. The molecular formula is C6H9N3O. The zero-order chi connectivity index (χ0) is 6.97. The van der Waals surface area contributed by atoms with Crippen LogP contribution < -0.4 is 10.2 Å². The molecule has 2 heterocycles. The third kappa shape index (κ3) is 0.650. The molecule has 4 nitrogen and oxygen atoms in total. The van der Waals surface area contributed by atoms with Crippen molar-refractivity contribution in [2.75, 3.05) is 30.4 Å². The van der Waals surface area contributed by atoms with Crippen molar-refractivity contribution in [2.45, 2.75) is 0 Å². The van der Waals surface area contributed by atoms with Crippen molar-refractivity contribution in [3.63, 3.8) is 0 Å². The van der Waals surface area contributed by atoms with Crippen LogP contribution in [0.15, 0.2) is 10.8 Å². The Hall–Kier alpha value is -1.19. The summed E-state index contributed by atoms with van der Waals surface area (Å²) >= 11 is 0. The third-order valence-electron chi connectivity index (χ3n) is 1.67. The van der Waals surface area contributed by atoms with Crippen molar-refractivity contribution >= 4 is 11.5 Å². The molecule has 10 heavy (non-hydrogen) atoms. The normalized spacial score (nSPS) is 16.3. The SMILES string of the molecule is CN1CCNc2conc21. The van der Waals surface area contributed by atoms with Gasteiger partial charge in [-0.2, -0.15) is 0 Å². The van der Waals surface area contributed by atoms with Gasteiger partial charge in [0.2, 0.25) is 0 Å². The molecule has 0 bridgehead atoms. The first-order chi connectivity index (χ1) is 4.88. The smallest absolute Gasteiger partial charge is 0.195 e. The number of fused-ring (bicyclic) bond motifs is 1. The summed E-state index contributed by atoms with van der Waals surface area (Å²) in [5, 5.41) is 7.00. The van der Waals surface area contributed by atoms with E-state index in [1.165, 1.54) is 0 Å². The van der Waals surface area contributed by atoms with Crippen LogP contribution in [0.3, 0.4) is 0 Å². The van der Waals surface area contributed by atoms with Gasteiger partial charge in [0.25, 0.3) is 0 Å². The summed E-state index contributed by atoms with van der Waals surface area (Å²) in [6, 6.07) is 0. The number of anilines is 2. The fraction of sp³-hybridized carbons (Fsp3) is 0.500. The second-order valence-corrected chi connectivity index (χ2v) is 2.40. The van der Waals surface area contributed by atoms with Gasteiger partial charge in [-0.1, -0.05) is 5.16 Å². The molecule has 1 aliphatic rings. The molecular weight excluding hydrogens is 130 g/mol. The molecule has 1 aliphatic heterocycles. The molecule has 0 saturated heterocycles. The zero-order valence-electron chi connectivity index (χ0n) is 5.79. The molecule has 0 radical (unpaired) electrons. The molecule has 4 heteroatoms. The Morgan fingerprint density at radius 1 is 1.80 bits per heavy atom. The minimum atomic E-state index is 0.909. The molecule has 0 saturated carbocycles. The molecule has 1 aromatic heterocycles.